The van der Waals surface area contributed by atoms with E-state index in [-0.39, 0.29) is 24.6 Å². The Balaban J connectivity index is 1.51. The lowest BCUT2D eigenvalue weighted by atomic mass is 10.1. The van der Waals surface area contributed by atoms with E-state index >= 15 is 0 Å². The van der Waals surface area contributed by atoms with Gasteiger partial charge in [-0.2, -0.15) is 4.98 Å². The van der Waals surface area contributed by atoms with Crippen LogP contribution in [0.15, 0.2) is 29.8 Å². The monoisotopic (exact) mass is 399 g/mol. The smallest absolute Gasteiger partial charge is 0.322 e. The fourth-order valence-electron chi connectivity index (χ4n) is 3.29. The molecule has 1 saturated heterocycles. The normalized spacial score (nSPS) is 17.1. The number of amides is 2. The van der Waals surface area contributed by atoms with Crippen molar-refractivity contribution in [2.45, 2.75) is 13.0 Å². The number of aliphatic hydroxyl groups excluding tert-OH is 1. The number of urea groups is 1. The topological polar surface area (TPSA) is 121 Å². The predicted octanol–water partition coefficient (Wildman–Crippen LogP) is 1.69. The second kappa shape index (κ2) is 7.56. The first-order valence-electron chi connectivity index (χ1n) is 8.92. The Bertz CT molecular complexity index is 991. The van der Waals surface area contributed by atoms with E-state index in [0.29, 0.717) is 31.0 Å². The Hall–Kier alpha value is -2.98. The van der Waals surface area contributed by atoms with Crippen molar-refractivity contribution in [3.05, 3.63) is 35.3 Å². The van der Waals surface area contributed by atoms with Crippen LogP contribution in [-0.4, -0.2) is 63.3 Å². The molecule has 0 aliphatic carbocycles. The molecule has 0 bridgehead atoms. The van der Waals surface area contributed by atoms with E-state index < -0.39 is 0 Å². The van der Waals surface area contributed by atoms with Gasteiger partial charge in [-0.05, 0) is 19.1 Å². The van der Waals surface area contributed by atoms with E-state index in [0.717, 1.165) is 16.1 Å². The van der Waals surface area contributed by atoms with Crippen LogP contribution in [0.3, 0.4) is 0 Å². The van der Waals surface area contributed by atoms with Crippen LogP contribution in [0, 0.1) is 6.92 Å². The van der Waals surface area contributed by atoms with Gasteiger partial charge in [-0.3, -0.25) is 0 Å². The third kappa shape index (κ3) is 3.56. The molecule has 3 aromatic rings. The summed E-state index contributed by atoms with van der Waals surface area (Å²) in [7, 11) is 0. The first-order valence-corrected chi connectivity index (χ1v) is 9.80. The highest BCUT2D eigenvalue weighted by Crippen LogP contribution is 2.28. The average Bonchev–Trinajstić information content (AvgIpc) is 3.16. The number of carbonyl (C=O) groups excluding carboxylic acids is 1. The number of aromatic nitrogens is 3. The molecule has 1 aliphatic rings. The first-order chi connectivity index (χ1) is 13.5. The summed E-state index contributed by atoms with van der Waals surface area (Å²) in [4.78, 5) is 30.0. The molecule has 1 aromatic carbocycles. The standard InChI is InChI=1S/C18H21N7O2S/c1-11-2-4-12(5-3-11)21-18(27)25-7-6-24(8-13(25)9-26)15-14-16(28-10-20-14)23-17(19)22-15/h2-5,10,13,26H,6-9H2,1H3,(H,21,27)(H2,19,22,23)/t13-/m0/s1. The van der Waals surface area contributed by atoms with Crippen molar-refractivity contribution in [1.82, 2.24) is 19.9 Å². The van der Waals surface area contributed by atoms with Gasteiger partial charge in [0.25, 0.3) is 0 Å². The van der Waals surface area contributed by atoms with Gasteiger partial charge < -0.3 is 26.0 Å². The lowest BCUT2D eigenvalue weighted by molar-refractivity contribution is 0.132. The van der Waals surface area contributed by atoms with Crippen LogP contribution in [0.2, 0.25) is 0 Å². The number of piperazine rings is 1. The summed E-state index contributed by atoms with van der Waals surface area (Å²) in [6.45, 7) is 3.27. The number of nitrogens with two attached hydrogens (primary N) is 1. The fraction of sp³-hybridized carbons (Fsp3) is 0.333. The lowest BCUT2D eigenvalue weighted by Gasteiger charge is -2.41. The van der Waals surface area contributed by atoms with Gasteiger partial charge in [-0.1, -0.05) is 17.7 Å². The molecule has 2 aromatic heterocycles. The number of anilines is 3. The van der Waals surface area contributed by atoms with Crippen molar-refractivity contribution in [3.63, 3.8) is 0 Å². The lowest BCUT2D eigenvalue weighted by Crippen LogP contribution is -2.58. The highest BCUT2D eigenvalue weighted by molar-refractivity contribution is 7.16. The number of fused-ring (bicyclic) bond motifs is 1. The van der Waals surface area contributed by atoms with E-state index in [9.17, 15) is 9.90 Å². The van der Waals surface area contributed by atoms with Gasteiger partial charge in [0, 0.05) is 25.3 Å². The zero-order valence-corrected chi connectivity index (χ0v) is 16.2. The minimum Gasteiger partial charge on any atom is -0.394 e. The number of nitrogen functional groups attached to an aromatic ring is 1. The highest BCUT2D eigenvalue weighted by Gasteiger charge is 2.32. The van der Waals surface area contributed by atoms with E-state index in [4.69, 9.17) is 5.73 Å². The zero-order valence-electron chi connectivity index (χ0n) is 15.4. The molecular formula is C18H21N7O2S. The fourth-order valence-corrected chi connectivity index (χ4v) is 3.95. The molecule has 4 N–H and O–H groups in total. The van der Waals surface area contributed by atoms with Crippen molar-refractivity contribution < 1.29 is 9.90 Å². The Labute approximate surface area is 165 Å². The van der Waals surface area contributed by atoms with E-state index in [1.54, 1.807) is 10.4 Å². The number of benzene rings is 1. The largest absolute Gasteiger partial charge is 0.394 e. The molecule has 3 heterocycles. The molecule has 4 rings (SSSR count). The van der Waals surface area contributed by atoms with Gasteiger partial charge in [0.15, 0.2) is 10.6 Å². The van der Waals surface area contributed by atoms with Crippen molar-refractivity contribution in [2.24, 2.45) is 0 Å². The summed E-state index contributed by atoms with van der Waals surface area (Å²) in [5.74, 6) is 0.827. The molecule has 0 saturated carbocycles. The summed E-state index contributed by atoms with van der Waals surface area (Å²) in [5.41, 5.74) is 10.1. The molecule has 1 atom stereocenters. The van der Waals surface area contributed by atoms with Crippen LogP contribution in [0.5, 0.6) is 0 Å². The zero-order chi connectivity index (χ0) is 19.7. The number of thiazole rings is 1. The minimum absolute atomic E-state index is 0.154. The van der Waals surface area contributed by atoms with Crippen LogP contribution in [-0.2, 0) is 0 Å². The van der Waals surface area contributed by atoms with Gasteiger partial charge in [-0.15, -0.1) is 11.3 Å². The van der Waals surface area contributed by atoms with Crippen molar-refractivity contribution >= 4 is 45.2 Å². The summed E-state index contributed by atoms with van der Waals surface area (Å²) in [6.07, 6.45) is 0. The van der Waals surface area contributed by atoms with Gasteiger partial charge >= 0.3 is 6.03 Å². The SMILES string of the molecule is Cc1ccc(NC(=O)N2CCN(c3nc(N)nc4scnc34)C[C@H]2CO)cc1. The van der Waals surface area contributed by atoms with Crippen LogP contribution >= 0.6 is 11.3 Å². The minimum atomic E-state index is -0.371. The van der Waals surface area contributed by atoms with Gasteiger partial charge in [0.2, 0.25) is 5.95 Å². The number of aryl methyl sites for hydroxylation is 1. The maximum atomic E-state index is 12.7. The predicted molar refractivity (Wildman–Crippen MR) is 110 cm³/mol. The van der Waals surface area contributed by atoms with Gasteiger partial charge in [0.05, 0.1) is 18.2 Å². The number of rotatable bonds is 3. The molecular weight excluding hydrogens is 378 g/mol. The molecule has 1 fully saturated rings. The van der Waals surface area contributed by atoms with Crippen LogP contribution < -0.4 is 16.0 Å². The number of carbonyl (C=O) groups is 1. The summed E-state index contributed by atoms with van der Waals surface area (Å²) in [5, 5.41) is 12.8. The van der Waals surface area contributed by atoms with E-state index in [1.807, 2.05) is 36.1 Å². The Morgan fingerprint density at radius 1 is 1.32 bits per heavy atom. The van der Waals surface area contributed by atoms with Crippen molar-refractivity contribution in [1.29, 1.82) is 0 Å². The summed E-state index contributed by atoms with van der Waals surface area (Å²) < 4.78 is 0. The quantitative estimate of drug-likeness (QED) is 0.613. The van der Waals surface area contributed by atoms with E-state index in [2.05, 4.69) is 20.3 Å². The number of nitrogens with zero attached hydrogens (tertiary/aromatic N) is 5. The molecule has 0 radical (unpaired) electrons. The number of nitrogens with one attached hydrogen (secondary N) is 1. The Morgan fingerprint density at radius 2 is 2.11 bits per heavy atom. The number of hydrogen-bond donors (Lipinski definition) is 3. The third-order valence-electron chi connectivity index (χ3n) is 4.75. The Morgan fingerprint density at radius 3 is 2.86 bits per heavy atom. The first kappa shape index (κ1) is 18.4. The van der Waals surface area contributed by atoms with Crippen LogP contribution in [0.4, 0.5) is 22.2 Å². The molecule has 28 heavy (non-hydrogen) atoms. The van der Waals surface area contributed by atoms with E-state index in [1.165, 1.54) is 11.3 Å². The summed E-state index contributed by atoms with van der Waals surface area (Å²) >= 11 is 1.40. The molecule has 0 spiro atoms. The number of aliphatic hydroxyl groups is 1. The molecule has 1 aliphatic heterocycles. The van der Waals surface area contributed by atoms with Crippen LogP contribution in [0.25, 0.3) is 10.3 Å². The second-order valence-corrected chi connectivity index (χ2v) is 7.52. The van der Waals surface area contributed by atoms with Gasteiger partial charge in [0.1, 0.15) is 5.52 Å². The molecule has 2 amide bonds. The summed E-state index contributed by atoms with van der Waals surface area (Å²) in [6, 6.07) is 7.00. The van der Waals surface area contributed by atoms with Gasteiger partial charge in [-0.25, -0.2) is 14.8 Å². The Kier molecular flexibility index (Phi) is 4.97. The average molecular weight is 399 g/mol. The third-order valence-corrected chi connectivity index (χ3v) is 5.47. The van der Waals surface area contributed by atoms with Crippen molar-refractivity contribution in [2.75, 3.05) is 42.2 Å². The molecule has 9 nitrogen and oxygen atoms in total. The highest BCUT2D eigenvalue weighted by atomic mass is 32.1. The number of hydrogen-bond acceptors (Lipinski definition) is 8. The van der Waals surface area contributed by atoms with Crippen LogP contribution in [0.1, 0.15) is 5.56 Å². The molecule has 146 valence electrons. The maximum absolute atomic E-state index is 12.7. The molecule has 0 unspecified atom stereocenters. The molecule has 10 heteroatoms. The second-order valence-electron chi connectivity index (χ2n) is 6.68. The van der Waals surface area contributed by atoms with Crippen molar-refractivity contribution in [3.8, 4) is 0 Å². The maximum Gasteiger partial charge on any atom is 0.322 e.